The zero-order chi connectivity index (χ0) is 15.6. The van der Waals surface area contributed by atoms with Crippen LogP contribution in [0, 0.1) is 5.41 Å². The second-order valence-electron chi connectivity index (χ2n) is 5.95. The van der Waals surface area contributed by atoms with Crippen molar-refractivity contribution >= 4 is 11.6 Å². The monoisotopic (exact) mass is 280 g/mol. The molecule has 0 aliphatic rings. The molecule has 0 aliphatic heterocycles. The molecular weight excluding hydrogens is 256 g/mol. The molecule has 0 saturated heterocycles. The Morgan fingerprint density at radius 1 is 1.35 bits per heavy atom. The van der Waals surface area contributed by atoms with Crippen LogP contribution in [0.3, 0.4) is 0 Å². The van der Waals surface area contributed by atoms with Crippen molar-refractivity contribution in [1.82, 2.24) is 0 Å². The van der Waals surface area contributed by atoms with E-state index in [9.17, 15) is 9.90 Å². The molecule has 0 saturated carbocycles. The van der Waals surface area contributed by atoms with E-state index >= 15 is 0 Å². The lowest BCUT2D eigenvalue weighted by Gasteiger charge is -2.42. The number of carbonyl (C=O) groups excluding carboxylic acids is 1. The molecule has 2 atom stereocenters. The molecule has 5 nitrogen and oxygen atoms in total. The third-order valence-electron chi connectivity index (χ3n) is 3.62. The van der Waals surface area contributed by atoms with Gasteiger partial charge in [-0.05, 0) is 19.1 Å². The van der Waals surface area contributed by atoms with Crippen LogP contribution < -0.4 is 15.8 Å². The lowest BCUT2D eigenvalue weighted by Crippen LogP contribution is -2.62. The fraction of sp³-hybridized carbons (Fsp3) is 0.533. The summed E-state index contributed by atoms with van der Waals surface area (Å²) in [6.45, 7) is 7.05. The number of primary amides is 1. The van der Waals surface area contributed by atoms with E-state index in [1.807, 2.05) is 18.2 Å². The van der Waals surface area contributed by atoms with E-state index in [0.29, 0.717) is 11.4 Å². The number of amides is 1. The predicted molar refractivity (Wildman–Crippen MR) is 79.7 cm³/mol. The van der Waals surface area contributed by atoms with Gasteiger partial charge in [0.2, 0.25) is 0 Å². The average Bonchev–Trinajstić information content (AvgIpc) is 2.36. The third-order valence-corrected chi connectivity index (χ3v) is 3.62. The molecule has 1 aromatic carbocycles. The number of ether oxygens (including phenoxy) is 1. The van der Waals surface area contributed by atoms with Crippen molar-refractivity contribution in [3.8, 4) is 5.75 Å². The zero-order valence-electron chi connectivity index (χ0n) is 12.7. The number of para-hydroxylation sites is 2. The zero-order valence-corrected chi connectivity index (χ0v) is 12.7. The van der Waals surface area contributed by atoms with Crippen molar-refractivity contribution < 1.29 is 14.6 Å². The number of nitrogens with one attached hydrogen (secondary N) is 1. The first-order chi connectivity index (χ1) is 9.14. The van der Waals surface area contributed by atoms with E-state index in [1.165, 1.54) is 0 Å². The van der Waals surface area contributed by atoms with Crippen molar-refractivity contribution in [3.05, 3.63) is 24.3 Å². The number of nitrogens with two attached hydrogens (primary N) is 1. The molecule has 5 heteroatoms. The molecule has 0 spiro atoms. The summed E-state index contributed by atoms with van der Waals surface area (Å²) in [5, 5.41) is 13.9. The Balaban J connectivity index is 3.10. The Labute approximate surface area is 120 Å². The molecule has 1 amide bonds. The number of benzene rings is 1. The van der Waals surface area contributed by atoms with Crippen LogP contribution in [-0.4, -0.2) is 29.8 Å². The van der Waals surface area contributed by atoms with E-state index in [0.717, 1.165) is 0 Å². The van der Waals surface area contributed by atoms with Gasteiger partial charge in [0.05, 0.1) is 18.8 Å². The van der Waals surface area contributed by atoms with Crippen LogP contribution in [0.1, 0.15) is 27.7 Å². The van der Waals surface area contributed by atoms with Crippen LogP contribution in [0.15, 0.2) is 24.3 Å². The molecule has 0 aromatic heterocycles. The first-order valence-corrected chi connectivity index (χ1v) is 6.56. The molecule has 1 rings (SSSR count). The molecule has 20 heavy (non-hydrogen) atoms. The van der Waals surface area contributed by atoms with Gasteiger partial charge in [-0.1, -0.05) is 32.9 Å². The van der Waals surface area contributed by atoms with E-state index in [4.69, 9.17) is 10.5 Å². The summed E-state index contributed by atoms with van der Waals surface area (Å²) in [5.74, 6) is -0.111. The number of rotatable bonds is 5. The maximum Gasteiger partial charge on any atom is 0.252 e. The second kappa shape index (κ2) is 5.71. The van der Waals surface area contributed by atoms with Gasteiger partial charge in [-0.15, -0.1) is 0 Å². The van der Waals surface area contributed by atoms with Crippen LogP contribution in [0.4, 0.5) is 5.69 Å². The number of anilines is 1. The van der Waals surface area contributed by atoms with E-state index in [2.05, 4.69) is 5.32 Å². The summed E-state index contributed by atoms with van der Waals surface area (Å²) in [4.78, 5) is 11.8. The van der Waals surface area contributed by atoms with Gasteiger partial charge in [0.1, 0.15) is 5.75 Å². The highest BCUT2D eigenvalue weighted by molar-refractivity contribution is 5.85. The molecule has 0 aliphatic carbocycles. The Morgan fingerprint density at radius 2 is 1.90 bits per heavy atom. The minimum Gasteiger partial charge on any atom is -0.495 e. The average molecular weight is 280 g/mol. The van der Waals surface area contributed by atoms with Crippen molar-refractivity contribution in [1.29, 1.82) is 0 Å². The summed E-state index contributed by atoms with van der Waals surface area (Å²) in [6.07, 6.45) is 0. The Morgan fingerprint density at radius 3 is 2.35 bits per heavy atom. The largest absolute Gasteiger partial charge is 0.495 e. The maximum absolute atomic E-state index is 11.8. The first kappa shape index (κ1) is 16.3. The van der Waals surface area contributed by atoms with E-state index in [-0.39, 0.29) is 0 Å². The van der Waals surface area contributed by atoms with Gasteiger partial charge in [0, 0.05) is 5.41 Å². The highest BCUT2D eigenvalue weighted by Gasteiger charge is 2.50. The molecule has 1 aromatic rings. The highest BCUT2D eigenvalue weighted by Crippen LogP contribution is 2.35. The standard InChI is InChI=1S/C15H24N2O3/c1-10(15(19,13(16)18)14(2,3)4)17-11-8-6-7-9-12(11)20-5/h6-10,17,19H,1-5H3,(H2,16,18). The maximum atomic E-state index is 11.8. The van der Waals surface area contributed by atoms with Crippen LogP contribution in [0.5, 0.6) is 5.75 Å². The van der Waals surface area contributed by atoms with Gasteiger partial charge in [-0.2, -0.15) is 0 Å². The fourth-order valence-corrected chi connectivity index (χ4v) is 2.33. The molecule has 112 valence electrons. The van der Waals surface area contributed by atoms with Gasteiger partial charge in [0.15, 0.2) is 5.60 Å². The van der Waals surface area contributed by atoms with Gasteiger partial charge in [0.25, 0.3) is 5.91 Å². The number of aliphatic hydroxyl groups is 1. The van der Waals surface area contributed by atoms with Crippen molar-refractivity contribution in [2.75, 3.05) is 12.4 Å². The van der Waals surface area contributed by atoms with E-state index in [1.54, 1.807) is 40.9 Å². The molecule has 0 radical (unpaired) electrons. The highest BCUT2D eigenvalue weighted by atomic mass is 16.5. The summed E-state index contributed by atoms with van der Waals surface area (Å²) in [6, 6.07) is 6.74. The summed E-state index contributed by atoms with van der Waals surface area (Å²) in [7, 11) is 1.56. The predicted octanol–water partition coefficient (Wildman–Crippen LogP) is 1.76. The third kappa shape index (κ3) is 2.88. The number of methoxy groups -OCH3 is 1. The Kier molecular flexibility index (Phi) is 4.65. The van der Waals surface area contributed by atoms with Crippen molar-refractivity contribution in [2.45, 2.75) is 39.3 Å². The summed E-state index contributed by atoms with van der Waals surface area (Å²) < 4.78 is 5.24. The summed E-state index contributed by atoms with van der Waals surface area (Å²) in [5.41, 5.74) is 3.73. The van der Waals surface area contributed by atoms with Crippen LogP contribution >= 0.6 is 0 Å². The fourth-order valence-electron chi connectivity index (χ4n) is 2.33. The quantitative estimate of drug-likeness (QED) is 0.767. The van der Waals surface area contributed by atoms with Crippen LogP contribution in [-0.2, 0) is 4.79 Å². The number of carbonyl (C=O) groups is 1. The van der Waals surface area contributed by atoms with Gasteiger partial charge in [-0.25, -0.2) is 0 Å². The number of hydrogen-bond acceptors (Lipinski definition) is 4. The normalized spacial score (nSPS) is 16.1. The SMILES string of the molecule is COc1ccccc1NC(C)C(O)(C(N)=O)C(C)(C)C. The second-order valence-corrected chi connectivity index (χ2v) is 5.95. The first-order valence-electron chi connectivity index (χ1n) is 6.56. The van der Waals surface area contributed by atoms with Crippen LogP contribution in [0.25, 0.3) is 0 Å². The van der Waals surface area contributed by atoms with E-state index < -0.39 is 23.0 Å². The molecule has 0 fully saturated rings. The Bertz CT molecular complexity index is 482. The minimum atomic E-state index is -1.69. The molecule has 4 N–H and O–H groups in total. The van der Waals surface area contributed by atoms with Gasteiger partial charge >= 0.3 is 0 Å². The number of hydrogen-bond donors (Lipinski definition) is 3. The molecular formula is C15H24N2O3. The smallest absolute Gasteiger partial charge is 0.252 e. The molecule has 0 heterocycles. The Hall–Kier alpha value is -1.75. The lowest BCUT2D eigenvalue weighted by molar-refractivity contribution is -0.150. The van der Waals surface area contributed by atoms with Gasteiger partial charge in [-0.3, -0.25) is 4.79 Å². The molecule has 2 unspecified atom stereocenters. The summed E-state index contributed by atoms with van der Waals surface area (Å²) >= 11 is 0. The van der Waals surface area contributed by atoms with Gasteiger partial charge < -0.3 is 20.9 Å². The lowest BCUT2D eigenvalue weighted by atomic mass is 9.71. The topological polar surface area (TPSA) is 84.6 Å². The van der Waals surface area contributed by atoms with Crippen molar-refractivity contribution in [2.24, 2.45) is 11.1 Å². The molecule has 0 bridgehead atoms. The van der Waals surface area contributed by atoms with Crippen LogP contribution in [0.2, 0.25) is 0 Å². The van der Waals surface area contributed by atoms with Crippen molar-refractivity contribution in [3.63, 3.8) is 0 Å². The minimum absolute atomic E-state index is 0.573.